The summed E-state index contributed by atoms with van der Waals surface area (Å²) in [6.07, 6.45) is 0.465. The molecule has 1 fully saturated rings. The van der Waals surface area contributed by atoms with Gasteiger partial charge >= 0.3 is 0 Å². The number of Topliss-reactive ketones (excluding diaryl/α,β-unsaturated/α-hetero) is 2. The molecule has 0 spiro atoms. The Bertz CT molecular complexity index is 1350. The second kappa shape index (κ2) is 14.7. The molecule has 0 bridgehead atoms. The Hall–Kier alpha value is -3.60. The number of nitrogens with zero attached hydrogens (tertiary/aromatic N) is 2. The number of hydrogen-bond acceptors (Lipinski definition) is 9. The van der Waals surface area contributed by atoms with Gasteiger partial charge in [0, 0.05) is 6.42 Å². The number of aromatic nitrogens is 2. The van der Waals surface area contributed by atoms with Gasteiger partial charge in [-0.15, -0.1) is 0 Å². The number of fused-ring (bicyclic) bond motifs is 1. The SMILES string of the molecule is Cc1ccc(OCCOCCOCCOCCOc2cccc3c(=O)n(C4CCC(=O)CC4=O)c(C)nc23)cc1. The number of carbonyl (C=O) groups excluding carboxylic acids is 2. The zero-order valence-corrected chi connectivity index (χ0v) is 23.1. The van der Waals surface area contributed by atoms with Crippen LogP contribution in [0.15, 0.2) is 47.3 Å². The Kier molecular flexibility index (Phi) is 10.8. The lowest BCUT2D eigenvalue weighted by molar-refractivity contribution is -0.132. The summed E-state index contributed by atoms with van der Waals surface area (Å²) in [5.41, 5.74) is 1.32. The van der Waals surface area contributed by atoms with Crippen LogP contribution in [-0.4, -0.2) is 74.0 Å². The normalized spacial score (nSPS) is 15.5. The molecule has 214 valence electrons. The molecular weight excluding hydrogens is 516 g/mol. The van der Waals surface area contributed by atoms with E-state index >= 15 is 0 Å². The molecule has 1 saturated carbocycles. The monoisotopic (exact) mass is 552 g/mol. The highest BCUT2D eigenvalue weighted by atomic mass is 16.6. The number of ketones is 2. The molecule has 0 amide bonds. The second-order valence-electron chi connectivity index (χ2n) is 9.57. The van der Waals surface area contributed by atoms with Gasteiger partial charge < -0.3 is 23.7 Å². The third-order valence-electron chi connectivity index (χ3n) is 6.57. The molecule has 3 aromatic rings. The Morgan fingerprint density at radius 1 is 0.800 bits per heavy atom. The van der Waals surface area contributed by atoms with Crippen LogP contribution in [0, 0.1) is 13.8 Å². The summed E-state index contributed by atoms with van der Waals surface area (Å²) < 4.78 is 29.5. The van der Waals surface area contributed by atoms with Crippen molar-refractivity contribution in [1.82, 2.24) is 9.55 Å². The number of ether oxygens (including phenoxy) is 5. The highest BCUT2D eigenvalue weighted by Gasteiger charge is 2.30. The maximum atomic E-state index is 13.2. The van der Waals surface area contributed by atoms with Crippen LogP contribution in [0.3, 0.4) is 0 Å². The number of rotatable bonds is 15. The Labute approximate surface area is 233 Å². The Morgan fingerprint density at radius 3 is 2.08 bits per heavy atom. The summed E-state index contributed by atoms with van der Waals surface area (Å²) in [7, 11) is 0. The lowest BCUT2D eigenvalue weighted by Gasteiger charge is -2.24. The first-order valence-corrected chi connectivity index (χ1v) is 13.6. The zero-order valence-electron chi connectivity index (χ0n) is 23.1. The first-order valence-electron chi connectivity index (χ1n) is 13.6. The fourth-order valence-corrected chi connectivity index (χ4v) is 4.52. The van der Waals surface area contributed by atoms with Crippen molar-refractivity contribution < 1.29 is 33.3 Å². The van der Waals surface area contributed by atoms with Gasteiger partial charge in [0.2, 0.25) is 0 Å². The van der Waals surface area contributed by atoms with Crippen LogP contribution >= 0.6 is 0 Å². The molecule has 0 N–H and O–H groups in total. The smallest absolute Gasteiger partial charge is 0.262 e. The molecule has 10 nitrogen and oxygen atoms in total. The van der Waals surface area contributed by atoms with Gasteiger partial charge in [0.15, 0.2) is 5.78 Å². The van der Waals surface area contributed by atoms with Crippen LogP contribution in [0.1, 0.15) is 36.7 Å². The van der Waals surface area contributed by atoms with Crippen molar-refractivity contribution in [2.45, 2.75) is 39.2 Å². The molecule has 1 aromatic heterocycles. The summed E-state index contributed by atoms with van der Waals surface area (Å²) in [5, 5.41) is 0.367. The number of carbonyl (C=O) groups is 2. The van der Waals surface area contributed by atoms with E-state index in [0.717, 1.165) is 5.75 Å². The molecule has 0 saturated heterocycles. The van der Waals surface area contributed by atoms with Crippen LogP contribution in [0.2, 0.25) is 0 Å². The lowest BCUT2D eigenvalue weighted by Crippen LogP contribution is -2.36. The number of hydrogen-bond donors (Lipinski definition) is 0. The second-order valence-corrected chi connectivity index (χ2v) is 9.57. The average Bonchev–Trinajstić information content (AvgIpc) is 2.93. The highest BCUT2D eigenvalue weighted by Crippen LogP contribution is 2.26. The quantitative estimate of drug-likeness (QED) is 0.207. The molecule has 0 aliphatic heterocycles. The molecule has 2 aromatic carbocycles. The van der Waals surface area contributed by atoms with Crippen molar-refractivity contribution in [1.29, 1.82) is 0 Å². The molecule has 1 atom stereocenters. The fourth-order valence-electron chi connectivity index (χ4n) is 4.52. The van der Waals surface area contributed by atoms with Gasteiger partial charge in [-0.1, -0.05) is 23.8 Å². The van der Waals surface area contributed by atoms with Crippen LogP contribution in [0.4, 0.5) is 0 Å². The summed E-state index contributed by atoms with van der Waals surface area (Å²) in [5.74, 6) is 1.38. The zero-order chi connectivity index (χ0) is 28.3. The van der Waals surface area contributed by atoms with E-state index in [2.05, 4.69) is 4.98 Å². The molecule has 4 rings (SSSR count). The largest absolute Gasteiger partial charge is 0.491 e. The first-order chi connectivity index (χ1) is 19.4. The maximum Gasteiger partial charge on any atom is 0.262 e. The first kappa shape index (κ1) is 29.4. The van der Waals surface area contributed by atoms with E-state index in [0.29, 0.717) is 75.1 Å². The van der Waals surface area contributed by atoms with Crippen molar-refractivity contribution >= 4 is 22.5 Å². The predicted octanol–water partition coefficient (Wildman–Crippen LogP) is 3.38. The number of aryl methyl sites for hydroxylation is 2. The summed E-state index contributed by atoms with van der Waals surface area (Å²) in [6.45, 7) is 7.09. The predicted molar refractivity (Wildman–Crippen MR) is 148 cm³/mol. The maximum absolute atomic E-state index is 13.2. The molecule has 40 heavy (non-hydrogen) atoms. The van der Waals surface area contributed by atoms with E-state index < -0.39 is 6.04 Å². The van der Waals surface area contributed by atoms with E-state index in [1.807, 2.05) is 31.2 Å². The van der Waals surface area contributed by atoms with Crippen LogP contribution in [0.25, 0.3) is 10.9 Å². The number of para-hydroxylation sites is 1. The topological polar surface area (TPSA) is 115 Å². The van der Waals surface area contributed by atoms with E-state index in [-0.39, 0.29) is 36.6 Å². The molecular formula is C30H36N2O8. The molecule has 1 aliphatic rings. The van der Waals surface area contributed by atoms with Crippen molar-refractivity contribution in [2.24, 2.45) is 0 Å². The Morgan fingerprint density at radius 2 is 1.43 bits per heavy atom. The Balaban J connectivity index is 1.13. The van der Waals surface area contributed by atoms with E-state index in [4.69, 9.17) is 23.7 Å². The highest BCUT2D eigenvalue weighted by molar-refractivity contribution is 6.03. The molecule has 0 radical (unpaired) electrons. The minimum absolute atomic E-state index is 0.0880. The van der Waals surface area contributed by atoms with Gasteiger partial charge in [0.25, 0.3) is 5.56 Å². The van der Waals surface area contributed by atoms with E-state index in [1.165, 1.54) is 10.1 Å². The van der Waals surface area contributed by atoms with Crippen LogP contribution in [0.5, 0.6) is 11.5 Å². The van der Waals surface area contributed by atoms with Gasteiger partial charge in [0.05, 0.1) is 57.5 Å². The van der Waals surface area contributed by atoms with E-state index in [9.17, 15) is 14.4 Å². The van der Waals surface area contributed by atoms with Gasteiger partial charge in [-0.05, 0) is 44.5 Å². The summed E-state index contributed by atoms with van der Waals surface area (Å²) in [4.78, 5) is 41.9. The molecule has 1 unspecified atom stereocenters. The van der Waals surface area contributed by atoms with Gasteiger partial charge in [-0.25, -0.2) is 4.98 Å². The van der Waals surface area contributed by atoms with Gasteiger partial charge in [0.1, 0.15) is 41.8 Å². The third-order valence-corrected chi connectivity index (χ3v) is 6.57. The minimum Gasteiger partial charge on any atom is -0.491 e. The van der Waals surface area contributed by atoms with E-state index in [1.54, 1.807) is 25.1 Å². The average molecular weight is 553 g/mol. The lowest BCUT2D eigenvalue weighted by atomic mass is 9.92. The summed E-state index contributed by atoms with van der Waals surface area (Å²) in [6, 6.07) is 12.4. The van der Waals surface area contributed by atoms with Crippen molar-refractivity contribution in [3.05, 3.63) is 64.2 Å². The molecule has 10 heteroatoms. The van der Waals surface area contributed by atoms with Gasteiger partial charge in [-0.2, -0.15) is 0 Å². The number of benzene rings is 2. The van der Waals surface area contributed by atoms with Crippen molar-refractivity contribution in [3.63, 3.8) is 0 Å². The molecule has 1 heterocycles. The fraction of sp³-hybridized carbons (Fsp3) is 0.467. The standard InChI is InChI=1S/C30H36N2O8/c1-21-6-9-24(10-7-21)39-18-16-37-14-12-36-13-15-38-17-19-40-28-5-3-4-25-29(28)31-22(2)32(30(25)35)26-11-8-23(33)20-27(26)34/h3-7,9-10,26H,8,11-20H2,1-2H3. The summed E-state index contributed by atoms with van der Waals surface area (Å²) >= 11 is 0. The minimum atomic E-state index is -0.660. The van der Waals surface area contributed by atoms with Gasteiger partial charge in [-0.3, -0.25) is 19.0 Å². The molecule has 1 aliphatic carbocycles. The third kappa shape index (κ3) is 7.97. The van der Waals surface area contributed by atoms with Crippen LogP contribution < -0.4 is 15.0 Å². The van der Waals surface area contributed by atoms with Crippen molar-refractivity contribution in [2.75, 3.05) is 52.9 Å². The van der Waals surface area contributed by atoms with Crippen molar-refractivity contribution in [3.8, 4) is 11.5 Å². The van der Waals surface area contributed by atoms with Crippen LogP contribution in [-0.2, 0) is 23.8 Å².